The molecule has 6 nitrogen and oxygen atoms in total. The van der Waals surface area contributed by atoms with Crippen LogP contribution in [0.5, 0.6) is 0 Å². The van der Waals surface area contributed by atoms with E-state index in [0.717, 1.165) is 32.5 Å². The van der Waals surface area contributed by atoms with Gasteiger partial charge in [-0.25, -0.2) is 9.69 Å². The van der Waals surface area contributed by atoms with Crippen LogP contribution in [-0.4, -0.2) is 22.4 Å². The second-order valence-electron chi connectivity index (χ2n) is 8.78. The number of nitrogens with one attached hydrogen (secondary N) is 1. The van der Waals surface area contributed by atoms with Crippen molar-refractivity contribution in [3.05, 3.63) is 105 Å². The fraction of sp³-hybridized carbons (Fsp3) is 0.107. The van der Waals surface area contributed by atoms with Gasteiger partial charge in [0.1, 0.15) is 5.57 Å². The number of fused-ring (bicyclic) bond motifs is 1. The molecule has 0 atom stereocenters. The lowest BCUT2D eigenvalue weighted by Crippen LogP contribution is -2.54. The van der Waals surface area contributed by atoms with Crippen molar-refractivity contribution >= 4 is 63.7 Å². The van der Waals surface area contributed by atoms with Crippen LogP contribution < -0.4 is 10.2 Å². The first-order chi connectivity index (χ1) is 17.2. The van der Waals surface area contributed by atoms with Crippen LogP contribution >= 0.6 is 23.2 Å². The highest BCUT2D eigenvalue weighted by molar-refractivity contribution is 6.42. The van der Waals surface area contributed by atoms with E-state index in [4.69, 9.17) is 23.2 Å². The molecular formula is C28H21Cl2N3O3. The van der Waals surface area contributed by atoms with E-state index in [2.05, 4.69) is 5.32 Å². The summed E-state index contributed by atoms with van der Waals surface area (Å²) in [6.07, 6.45) is 3.41. The number of hydrogen-bond donors (Lipinski definition) is 1. The van der Waals surface area contributed by atoms with Gasteiger partial charge in [0.25, 0.3) is 11.8 Å². The summed E-state index contributed by atoms with van der Waals surface area (Å²) in [4.78, 5) is 39.8. The normalized spacial score (nSPS) is 15.2. The Morgan fingerprint density at radius 3 is 2.33 bits per heavy atom. The van der Waals surface area contributed by atoms with Gasteiger partial charge in [0.2, 0.25) is 0 Å². The van der Waals surface area contributed by atoms with Gasteiger partial charge in [-0.3, -0.25) is 14.9 Å². The molecule has 0 aliphatic carbocycles. The van der Waals surface area contributed by atoms with Gasteiger partial charge in [-0.1, -0.05) is 53.5 Å². The van der Waals surface area contributed by atoms with Crippen molar-refractivity contribution < 1.29 is 14.4 Å². The van der Waals surface area contributed by atoms with Gasteiger partial charge in [-0.05, 0) is 66.9 Å². The van der Waals surface area contributed by atoms with E-state index in [1.54, 1.807) is 18.2 Å². The van der Waals surface area contributed by atoms with Crippen LogP contribution in [0.2, 0.25) is 10.0 Å². The van der Waals surface area contributed by atoms with E-state index in [1.165, 1.54) is 6.08 Å². The molecule has 1 aromatic heterocycles. The van der Waals surface area contributed by atoms with Crippen LogP contribution in [0.15, 0.2) is 72.4 Å². The summed E-state index contributed by atoms with van der Waals surface area (Å²) < 4.78 is 2.01. The van der Waals surface area contributed by atoms with E-state index >= 15 is 0 Å². The Labute approximate surface area is 217 Å². The average molecular weight is 518 g/mol. The zero-order chi connectivity index (χ0) is 25.6. The molecule has 0 radical (unpaired) electrons. The SMILES string of the molecule is Cc1cc(C)cc(N2C(=O)NC(=O)/C(=C\c3cn(Cc4ccc(Cl)c(Cl)c4)c4ccccc34)C2=O)c1. The highest BCUT2D eigenvalue weighted by Crippen LogP contribution is 2.29. The number of benzene rings is 3. The lowest BCUT2D eigenvalue weighted by Gasteiger charge is -2.26. The van der Waals surface area contributed by atoms with Crippen LogP contribution in [0.1, 0.15) is 22.3 Å². The minimum absolute atomic E-state index is 0.119. The molecule has 1 aliphatic rings. The molecule has 3 aromatic carbocycles. The molecule has 2 heterocycles. The van der Waals surface area contributed by atoms with E-state index < -0.39 is 17.8 Å². The van der Waals surface area contributed by atoms with E-state index in [-0.39, 0.29) is 5.57 Å². The summed E-state index contributed by atoms with van der Waals surface area (Å²) in [6.45, 7) is 4.27. The smallest absolute Gasteiger partial charge is 0.335 e. The van der Waals surface area contributed by atoms with Crippen molar-refractivity contribution in [2.45, 2.75) is 20.4 Å². The van der Waals surface area contributed by atoms with Gasteiger partial charge in [0.05, 0.1) is 15.7 Å². The Bertz CT molecular complexity index is 1580. The molecule has 1 fully saturated rings. The third-order valence-corrected chi connectivity index (χ3v) is 6.76. The molecule has 0 saturated carbocycles. The Hall–Kier alpha value is -3.87. The summed E-state index contributed by atoms with van der Waals surface area (Å²) in [6, 6.07) is 17.8. The highest BCUT2D eigenvalue weighted by atomic mass is 35.5. The monoisotopic (exact) mass is 517 g/mol. The Morgan fingerprint density at radius 2 is 1.61 bits per heavy atom. The number of imide groups is 2. The largest absolute Gasteiger partial charge is 0.342 e. The van der Waals surface area contributed by atoms with Crippen LogP contribution in [-0.2, 0) is 16.1 Å². The van der Waals surface area contributed by atoms with Gasteiger partial charge in [0.15, 0.2) is 0 Å². The highest BCUT2D eigenvalue weighted by Gasteiger charge is 2.37. The van der Waals surface area contributed by atoms with Crippen LogP contribution in [0, 0.1) is 13.8 Å². The number of urea groups is 1. The number of anilines is 1. The summed E-state index contributed by atoms with van der Waals surface area (Å²) in [5.74, 6) is -1.40. The van der Waals surface area contributed by atoms with Crippen molar-refractivity contribution in [3.8, 4) is 0 Å². The van der Waals surface area contributed by atoms with Crippen LogP contribution in [0.3, 0.4) is 0 Å². The third-order valence-electron chi connectivity index (χ3n) is 6.02. The standard InChI is InChI=1S/C28H21Cl2N3O3/c1-16-9-17(2)11-20(10-16)33-27(35)22(26(34)31-28(33)36)13-19-15-32(25-6-4-3-5-21(19)25)14-18-7-8-23(29)24(30)12-18/h3-13,15H,14H2,1-2H3,(H,31,34,36)/b22-13+. The predicted octanol–water partition coefficient (Wildman–Crippen LogP) is 6.28. The number of carbonyl (C=O) groups excluding carboxylic acids is 3. The molecule has 8 heteroatoms. The average Bonchev–Trinajstić information content (AvgIpc) is 3.15. The van der Waals surface area contributed by atoms with Gasteiger partial charge < -0.3 is 4.57 Å². The first-order valence-electron chi connectivity index (χ1n) is 11.2. The maximum absolute atomic E-state index is 13.4. The first kappa shape index (κ1) is 23.9. The summed E-state index contributed by atoms with van der Waals surface area (Å²) >= 11 is 12.3. The van der Waals surface area contributed by atoms with Crippen molar-refractivity contribution in [1.82, 2.24) is 9.88 Å². The van der Waals surface area contributed by atoms with E-state index in [0.29, 0.717) is 27.8 Å². The fourth-order valence-corrected chi connectivity index (χ4v) is 4.80. The van der Waals surface area contributed by atoms with Gasteiger partial charge in [-0.15, -0.1) is 0 Å². The summed E-state index contributed by atoms with van der Waals surface area (Å²) in [5.41, 5.74) is 4.64. The maximum Gasteiger partial charge on any atom is 0.335 e. The zero-order valence-electron chi connectivity index (χ0n) is 19.5. The van der Waals surface area contributed by atoms with Crippen LogP contribution in [0.4, 0.5) is 10.5 Å². The van der Waals surface area contributed by atoms with Gasteiger partial charge in [-0.2, -0.15) is 0 Å². The molecule has 180 valence electrons. The number of barbiturate groups is 1. The molecule has 4 amide bonds. The molecule has 0 spiro atoms. The Kier molecular flexibility index (Phi) is 6.16. The zero-order valence-corrected chi connectivity index (χ0v) is 21.0. The molecule has 4 aromatic rings. The number of aryl methyl sites for hydroxylation is 2. The van der Waals surface area contributed by atoms with Gasteiger partial charge in [0, 0.05) is 29.2 Å². The number of nitrogens with zero attached hydrogens (tertiary/aromatic N) is 2. The number of para-hydroxylation sites is 1. The molecule has 1 saturated heterocycles. The van der Waals surface area contributed by atoms with Crippen LogP contribution in [0.25, 0.3) is 17.0 Å². The van der Waals surface area contributed by atoms with Crippen molar-refractivity contribution in [1.29, 1.82) is 0 Å². The lowest BCUT2D eigenvalue weighted by molar-refractivity contribution is -0.122. The van der Waals surface area contributed by atoms with Gasteiger partial charge >= 0.3 is 6.03 Å². The quantitative estimate of drug-likeness (QED) is 0.255. The number of aromatic nitrogens is 1. The fourth-order valence-electron chi connectivity index (χ4n) is 4.48. The molecule has 0 bridgehead atoms. The maximum atomic E-state index is 13.4. The first-order valence-corrected chi connectivity index (χ1v) is 12.0. The predicted molar refractivity (Wildman–Crippen MR) is 142 cm³/mol. The van der Waals surface area contributed by atoms with Crippen molar-refractivity contribution in [3.63, 3.8) is 0 Å². The summed E-state index contributed by atoms with van der Waals surface area (Å²) in [7, 11) is 0. The Balaban J connectivity index is 1.57. The summed E-state index contributed by atoms with van der Waals surface area (Å²) in [5, 5.41) is 4.11. The number of halogens is 2. The number of rotatable bonds is 4. The second kappa shape index (κ2) is 9.30. The molecule has 5 rings (SSSR count). The van der Waals surface area contributed by atoms with E-state index in [9.17, 15) is 14.4 Å². The molecule has 36 heavy (non-hydrogen) atoms. The van der Waals surface area contributed by atoms with Crippen molar-refractivity contribution in [2.75, 3.05) is 4.90 Å². The Morgan fingerprint density at radius 1 is 0.889 bits per heavy atom. The molecule has 1 aliphatic heterocycles. The lowest BCUT2D eigenvalue weighted by atomic mass is 10.0. The van der Waals surface area contributed by atoms with E-state index in [1.807, 2.05) is 67.1 Å². The number of hydrogen-bond acceptors (Lipinski definition) is 3. The second-order valence-corrected chi connectivity index (χ2v) is 9.60. The molecule has 0 unspecified atom stereocenters. The number of carbonyl (C=O) groups is 3. The third kappa shape index (κ3) is 4.41. The topological polar surface area (TPSA) is 71.4 Å². The molecular weight excluding hydrogens is 497 g/mol. The molecule has 1 N–H and O–H groups in total. The van der Waals surface area contributed by atoms with Crippen molar-refractivity contribution in [2.24, 2.45) is 0 Å². The minimum atomic E-state index is -0.769. The minimum Gasteiger partial charge on any atom is -0.342 e. The number of amides is 4.